The summed E-state index contributed by atoms with van der Waals surface area (Å²) in [7, 11) is 0. The molecular weight excluding hydrogens is 224 g/mol. The number of nitrogen functional groups attached to an aromatic ring is 1. The Kier molecular flexibility index (Phi) is 4.73. The van der Waals surface area contributed by atoms with Crippen LogP contribution in [0.4, 0.5) is 11.5 Å². The summed E-state index contributed by atoms with van der Waals surface area (Å²) in [5.74, 6) is 0.601. The fourth-order valence-corrected chi connectivity index (χ4v) is 1.41. The molecule has 17 heavy (non-hydrogen) atoms. The average Bonchev–Trinajstić information content (AvgIpc) is 2.66. The predicted octanol–water partition coefficient (Wildman–Crippen LogP) is -0.828. The van der Waals surface area contributed by atoms with Gasteiger partial charge in [0.15, 0.2) is 0 Å². The molecule has 0 fully saturated rings. The van der Waals surface area contributed by atoms with Crippen LogP contribution in [0.1, 0.15) is 19.9 Å². The van der Waals surface area contributed by atoms with Crippen molar-refractivity contribution in [1.82, 2.24) is 9.78 Å². The van der Waals surface area contributed by atoms with Gasteiger partial charge < -0.3 is 26.4 Å². The zero-order valence-corrected chi connectivity index (χ0v) is 10.0. The molecule has 7 nitrogen and oxygen atoms in total. The van der Waals surface area contributed by atoms with Crippen molar-refractivity contribution in [2.45, 2.75) is 32.1 Å². The van der Waals surface area contributed by atoms with Crippen molar-refractivity contribution in [3.05, 3.63) is 6.20 Å². The summed E-state index contributed by atoms with van der Waals surface area (Å²) in [6.07, 6.45) is -0.703. The first-order valence-corrected chi connectivity index (χ1v) is 5.51. The maximum Gasteiger partial charge on any atom is 0.148 e. The van der Waals surface area contributed by atoms with Crippen molar-refractivity contribution in [1.29, 1.82) is 0 Å². The minimum atomic E-state index is -1.17. The molecule has 0 saturated heterocycles. The first-order valence-electron chi connectivity index (χ1n) is 5.51. The lowest BCUT2D eigenvalue weighted by atomic mass is 10.2. The van der Waals surface area contributed by atoms with Gasteiger partial charge in [0.2, 0.25) is 0 Å². The molecule has 2 atom stereocenters. The van der Waals surface area contributed by atoms with E-state index in [-0.39, 0.29) is 12.6 Å². The highest BCUT2D eigenvalue weighted by Gasteiger charge is 2.17. The second-order valence-corrected chi connectivity index (χ2v) is 4.19. The Morgan fingerprint density at radius 3 is 2.59 bits per heavy atom. The van der Waals surface area contributed by atoms with E-state index in [1.165, 1.54) is 6.20 Å². The number of aromatic nitrogens is 2. The molecule has 0 radical (unpaired) electrons. The van der Waals surface area contributed by atoms with Gasteiger partial charge in [-0.25, -0.2) is 4.68 Å². The highest BCUT2D eigenvalue weighted by atomic mass is 16.4. The van der Waals surface area contributed by atoms with E-state index < -0.39 is 18.8 Å². The van der Waals surface area contributed by atoms with Crippen LogP contribution >= 0.6 is 0 Å². The van der Waals surface area contributed by atoms with E-state index in [0.29, 0.717) is 11.5 Å². The summed E-state index contributed by atoms with van der Waals surface area (Å²) < 4.78 is 1.69. The van der Waals surface area contributed by atoms with Gasteiger partial charge in [-0.2, -0.15) is 5.10 Å². The Morgan fingerprint density at radius 1 is 1.41 bits per heavy atom. The molecule has 1 aromatic heterocycles. The zero-order valence-electron chi connectivity index (χ0n) is 10.0. The van der Waals surface area contributed by atoms with Crippen molar-refractivity contribution in [2.24, 2.45) is 0 Å². The van der Waals surface area contributed by atoms with E-state index in [9.17, 15) is 10.2 Å². The van der Waals surface area contributed by atoms with E-state index in [1.807, 2.05) is 13.8 Å². The van der Waals surface area contributed by atoms with Gasteiger partial charge in [0.1, 0.15) is 11.9 Å². The zero-order chi connectivity index (χ0) is 13.0. The molecule has 0 aromatic carbocycles. The number of nitrogens with two attached hydrogens (primary N) is 1. The van der Waals surface area contributed by atoms with Crippen LogP contribution in [0.2, 0.25) is 0 Å². The SMILES string of the molecule is CC(C)n1ncc(N)c1NCC(O)C(O)CO. The fraction of sp³-hybridized carbons (Fsp3) is 0.700. The third-order valence-electron chi connectivity index (χ3n) is 2.42. The topological polar surface area (TPSA) is 117 Å². The molecule has 6 N–H and O–H groups in total. The number of hydrogen-bond acceptors (Lipinski definition) is 6. The number of aliphatic hydroxyl groups excluding tert-OH is 3. The van der Waals surface area contributed by atoms with E-state index in [0.717, 1.165) is 0 Å². The predicted molar refractivity (Wildman–Crippen MR) is 64.6 cm³/mol. The summed E-state index contributed by atoms with van der Waals surface area (Å²) in [5.41, 5.74) is 6.21. The second-order valence-electron chi connectivity index (χ2n) is 4.19. The van der Waals surface area contributed by atoms with Crippen LogP contribution in [0.5, 0.6) is 0 Å². The molecule has 0 amide bonds. The van der Waals surface area contributed by atoms with Crippen LogP contribution in [0.15, 0.2) is 6.20 Å². The van der Waals surface area contributed by atoms with E-state index >= 15 is 0 Å². The van der Waals surface area contributed by atoms with Gasteiger partial charge in [-0.15, -0.1) is 0 Å². The molecule has 2 unspecified atom stereocenters. The Morgan fingerprint density at radius 2 is 2.06 bits per heavy atom. The van der Waals surface area contributed by atoms with Gasteiger partial charge in [-0.1, -0.05) is 0 Å². The number of nitrogens with zero attached hydrogens (tertiary/aromatic N) is 2. The van der Waals surface area contributed by atoms with E-state index in [4.69, 9.17) is 10.8 Å². The minimum absolute atomic E-state index is 0.0876. The summed E-state index contributed by atoms with van der Waals surface area (Å²) in [4.78, 5) is 0. The van der Waals surface area contributed by atoms with Gasteiger partial charge in [0.25, 0.3) is 0 Å². The minimum Gasteiger partial charge on any atom is -0.394 e. The molecule has 0 aliphatic rings. The highest BCUT2D eigenvalue weighted by Crippen LogP contribution is 2.21. The normalized spacial score (nSPS) is 14.9. The van der Waals surface area contributed by atoms with Gasteiger partial charge in [0, 0.05) is 12.6 Å². The lowest BCUT2D eigenvalue weighted by Gasteiger charge is -2.18. The van der Waals surface area contributed by atoms with E-state index in [2.05, 4.69) is 10.4 Å². The van der Waals surface area contributed by atoms with Crippen LogP contribution in [0.3, 0.4) is 0 Å². The number of nitrogens with one attached hydrogen (secondary N) is 1. The van der Waals surface area contributed by atoms with Crippen molar-refractivity contribution in [3.8, 4) is 0 Å². The Labute approximate surface area is 99.9 Å². The second kappa shape index (κ2) is 5.85. The highest BCUT2D eigenvalue weighted by molar-refractivity contribution is 5.60. The van der Waals surface area contributed by atoms with E-state index in [1.54, 1.807) is 4.68 Å². The van der Waals surface area contributed by atoms with Crippen molar-refractivity contribution in [3.63, 3.8) is 0 Å². The number of anilines is 2. The largest absolute Gasteiger partial charge is 0.394 e. The van der Waals surface area contributed by atoms with Crippen molar-refractivity contribution < 1.29 is 15.3 Å². The summed E-state index contributed by atoms with van der Waals surface area (Å²) >= 11 is 0. The molecular formula is C10H20N4O3. The monoisotopic (exact) mass is 244 g/mol. The fourth-order valence-electron chi connectivity index (χ4n) is 1.41. The van der Waals surface area contributed by atoms with Gasteiger partial charge in [0.05, 0.1) is 24.6 Å². The molecule has 1 aromatic rings. The molecule has 0 aliphatic heterocycles. The molecule has 0 bridgehead atoms. The first kappa shape index (κ1) is 13.8. The van der Waals surface area contributed by atoms with Gasteiger partial charge >= 0.3 is 0 Å². The summed E-state index contributed by atoms with van der Waals surface area (Å²) in [6.45, 7) is 3.51. The summed E-state index contributed by atoms with van der Waals surface area (Å²) in [5, 5.41) is 34.4. The first-order chi connectivity index (χ1) is 7.97. The Bertz CT molecular complexity index is 353. The van der Waals surface area contributed by atoms with Gasteiger partial charge in [-0.3, -0.25) is 0 Å². The third-order valence-corrected chi connectivity index (χ3v) is 2.42. The molecule has 1 heterocycles. The third kappa shape index (κ3) is 3.32. The number of hydrogen-bond donors (Lipinski definition) is 5. The number of rotatable bonds is 6. The van der Waals surface area contributed by atoms with Crippen molar-refractivity contribution >= 4 is 11.5 Å². The maximum atomic E-state index is 9.49. The number of aliphatic hydroxyl groups is 3. The van der Waals surface area contributed by atoms with Crippen LogP contribution in [-0.4, -0.2) is 50.5 Å². The maximum absolute atomic E-state index is 9.49. The Balaban J connectivity index is 2.65. The molecule has 0 spiro atoms. The Hall–Kier alpha value is -1.31. The molecule has 1 rings (SSSR count). The molecule has 0 saturated carbocycles. The quantitative estimate of drug-likeness (QED) is 0.446. The van der Waals surface area contributed by atoms with Crippen LogP contribution in [-0.2, 0) is 0 Å². The lowest BCUT2D eigenvalue weighted by Crippen LogP contribution is -2.35. The van der Waals surface area contributed by atoms with Crippen LogP contribution < -0.4 is 11.1 Å². The van der Waals surface area contributed by atoms with Gasteiger partial charge in [-0.05, 0) is 13.8 Å². The summed E-state index contributed by atoms with van der Waals surface area (Å²) in [6, 6.07) is 0.134. The van der Waals surface area contributed by atoms with Crippen LogP contribution in [0, 0.1) is 0 Å². The molecule has 0 aliphatic carbocycles. The lowest BCUT2D eigenvalue weighted by molar-refractivity contribution is -0.00707. The smallest absolute Gasteiger partial charge is 0.148 e. The van der Waals surface area contributed by atoms with Crippen molar-refractivity contribution in [2.75, 3.05) is 24.2 Å². The average molecular weight is 244 g/mol. The van der Waals surface area contributed by atoms with Crippen LogP contribution in [0.25, 0.3) is 0 Å². The standard InChI is InChI=1S/C10H20N4O3/c1-6(2)14-10(7(11)3-13-14)12-4-8(16)9(17)5-15/h3,6,8-9,12,15-17H,4-5,11H2,1-2H3. The molecule has 98 valence electrons. The molecule has 7 heteroatoms.